The summed E-state index contributed by atoms with van der Waals surface area (Å²) in [5.74, 6) is -0.505. The summed E-state index contributed by atoms with van der Waals surface area (Å²) in [7, 11) is 1.27. The molecule has 0 atom stereocenters. The molecule has 1 aromatic rings. The first-order valence-corrected chi connectivity index (χ1v) is 6.49. The van der Waals surface area contributed by atoms with Crippen molar-refractivity contribution in [1.29, 1.82) is 0 Å². The zero-order chi connectivity index (χ0) is 15.2. The highest BCUT2D eigenvalue weighted by Gasteiger charge is 2.21. The van der Waals surface area contributed by atoms with Crippen molar-refractivity contribution >= 4 is 23.4 Å². The van der Waals surface area contributed by atoms with E-state index >= 15 is 0 Å². The predicted octanol–water partition coefficient (Wildman–Crippen LogP) is 1.62. The number of anilines is 1. The van der Waals surface area contributed by atoms with Gasteiger partial charge >= 0.3 is 5.97 Å². The maximum absolute atomic E-state index is 11.2. The second-order valence-corrected chi connectivity index (χ2v) is 4.46. The number of carbonyl (C=O) groups excluding carboxylic acids is 1. The van der Waals surface area contributed by atoms with Crippen LogP contribution in [0, 0.1) is 10.1 Å². The van der Waals surface area contributed by atoms with Crippen LogP contribution >= 0.6 is 0 Å². The normalized spacial score (nSPS) is 15.2. The van der Waals surface area contributed by atoms with Crippen LogP contribution in [0.1, 0.15) is 5.56 Å². The van der Waals surface area contributed by atoms with Gasteiger partial charge in [0.1, 0.15) is 5.69 Å². The number of morpholine rings is 1. The van der Waals surface area contributed by atoms with E-state index in [-0.39, 0.29) is 5.69 Å². The lowest BCUT2D eigenvalue weighted by molar-refractivity contribution is -0.384. The van der Waals surface area contributed by atoms with Crippen LogP contribution in [0.2, 0.25) is 0 Å². The Morgan fingerprint density at radius 2 is 2.14 bits per heavy atom. The largest absolute Gasteiger partial charge is 0.466 e. The van der Waals surface area contributed by atoms with Crippen molar-refractivity contribution in [3.05, 3.63) is 40.0 Å². The number of methoxy groups -OCH3 is 1. The average Bonchev–Trinajstić information content (AvgIpc) is 2.53. The van der Waals surface area contributed by atoms with E-state index in [0.29, 0.717) is 37.6 Å². The Kier molecular flexibility index (Phi) is 4.89. The molecule has 112 valence electrons. The highest BCUT2D eigenvalue weighted by atomic mass is 16.6. The minimum Gasteiger partial charge on any atom is -0.466 e. The van der Waals surface area contributed by atoms with E-state index in [2.05, 4.69) is 4.74 Å². The van der Waals surface area contributed by atoms with Crippen LogP contribution in [-0.2, 0) is 14.3 Å². The fourth-order valence-electron chi connectivity index (χ4n) is 2.09. The number of nitro groups is 1. The number of esters is 1. The molecule has 0 spiro atoms. The molecular formula is C14H16N2O5. The van der Waals surface area contributed by atoms with E-state index in [1.54, 1.807) is 12.1 Å². The third-order valence-electron chi connectivity index (χ3n) is 3.16. The molecule has 1 heterocycles. The second-order valence-electron chi connectivity index (χ2n) is 4.46. The van der Waals surface area contributed by atoms with Crippen LogP contribution in [0.3, 0.4) is 0 Å². The number of hydrogen-bond acceptors (Lipinski definition) is 6. The smallest absolute Gasteiger partial charge is 0.330 e. The highest BCUT2D eigenvalue weighted by molar-refractivity contribution is 5.87. The number of rotatable bonds is 4. The quantitative estimate of drug-likeness (QED) is 0.363. The average molecular weight is 292 g/mol. The van der Waals surface area contributed by atoms with Crippen molar-refractivity contribution in [1.82, 2.24) is 0 Å². The van der Waals surface area contributed by atoms with Crippen molar-refractivity contribution in [2.75, 3.05) is 38.3 Å². The summed E-state index contributed by atoms with van der Waals surface area (Å²) in [6, 6.07) is 4.88. The minimum absolute atomic E-state index is 0.0175. The van der Waals surface area contributed by atoms with Gasteiger partial charge in [0.05, 0.1) is 25.2 Å². The molecule has 1 aliphatic heterocycles. The van der Waals surface area contributed by atoms with Gasteiger partial charge in [-0.2, -0.15) is 0 Å². The minimum atomic E-state index is -0.505. The molecule has 1 saturated heterocycles. The molecule has 0 radical (unpaired) electrons. The van der Waals surface area contributed by atoms with Gasteiger partial charge in [-0.15, -0.1) is 0 Å². The fourth-order valence-corrected chi connectivity index (χ4v) is 2.09. The third kappa shape index (κ3) is 3.79. The van der Waals surface area contributed by atoms with E-state index in [1.165, 1.54) is 25.3 Å². The number of carbonyl (C=O) groups is 1. The van der Waals surface area contributed by atoms with Gasteiger partial charge in [-0.05, 0) is 17.7 Å². The van der Waals surface area contributed by atoms with Gasteiger partial charge in [-0.25, -0.2) is 4.79 Å². The molecule has 0 saturated carbocycles. The highest BCUT2D eigenvalue weighted by Crippen LogP contribution is 2.30. The Labute approximate surface area is 121 Å². The first kappa shape index (κ1) is 15.0. The number of ether oxygens (including phenoxy) is 2. The molecule has 1 aliphatic rings. The van der Waals surface area contributed by atoms with Gasteiger partial charge in [0, 0.05) is 25.2 Å². The maximum atomic E-state index is 11.2. The Morgan fingerprint density at radius 1 is 1.43 bits per heavy atom. The molecule has 1 aromatic carbocycles. The number of nitrogens with zero attached hydrogens (tertiary/aromatic N) is 2. The Balaban J connectivity index is 2.28. The summed E-state index contributed by atoms with van der Waals surface area (Å²) in [4.78, 5) is 23.8. The van der Waals surface area contributed by atoms with Crippen molar-refractivity contribution in [2.24, 2.45) is 0 Å². The predicted molar refractivity (Wildman–Crippen MR) is 77.2 cm³/mol. The molecule has 0 aromatic heterocycles. The molecule has 1 fully saturated rings. The summed E-state index contributed by atoms with van der Waals surface area (Å²) < 4.78 is 9.74. The van der Waals surface area contributed by atoms with E-state index < -0.39 is 10.9 Å². The standard InChI is InChI=1S/C14H16N2O5/c1-20-14(17)5-3-11-2-4-12(13(10-11)16(18)19)15-6-8-21-9-7-15/h2-5,10H,6-9H2,1H3. The first-order chi connectivity index (χ1) is 10.1. The van der Waals surface area contributed by atoms with Crippen molar-refractivity contribution in [3.63, 3.8) is 0 Å². The molecular weight excluding hydrogens is 276 g/mol. The van der Waals surface area contributed by atoms with Gasteiger partial charge in [0.2, 0.25) is 0 Å². The number of benzene rings is 1. The second kappa shape index (κ2) is 6.85. The van der Waals surface area contributed by atoms with Crippen LogP contribution in [0.15, 0.2) is 24.3 Å². The lowest BCUT2D eigenvalue weighted by Gasteiger charge is -2.28. The zero-order valence-electron chi connectivity index (χ0n) is 11.7. The molecule has 7 nitrogen and oxygen atoms in total. The SMILES string of the molecule is COC(=O)C=Cc1ccc(N2CCOCC2)c([N+](=O)[O-])c1. The summed E-state index contributed by atoms with van der Waals surface area (Å²) in [6.45, 7) is 2.36. The van der Waals surface area contributed by atoms with Crippen LogP contribution in [0.5, 0.6) is 0 Å². The molecule has 0 amide bonds. The molecule has 21 heavy (non-hydrogen) atoms. The van der Waals surface area contributed by atoms with E-state index in [9.17, 15) is 14.9 Å². The van der Waals surface area contributed by atoms with Crippen molar-refractivity contribution < 1.29 is 19.2 Å². The number of hydrogen-bond donors (Lipinski definition) is 0. The summed E-state index contributed by atoms with van der Waals surface area (Å²) in [6.07, 6.45) is 2.72. The van der Waals surface area contributed by atoms with E-state index in [4.69, 9.17) is 4.74 Å². The van der Waals surface area contributed by atoms with Crippen LogP contribution in [0.25, 0.3) is 6.08 Å². The molecule has 0 bridgehead atoms. The maximum Gasteiger partial charge on any atom is 0.330 e. The molecule has 7 heteroatoms. The molecule has 0 N–H and O–H groups in total. The van der Waals surface area contributed by atoms with Crippen LogP contribution in [0.4, 0.5) is 11.4 Å². The van der Waals surface area contributed by atoms with Gasteiger partial charge in [-0.1, -0.05) is 6.07 Å². The monoisotopic (exact) mass is 292 g/mol. The first-order valence-electron chi connectivity index (χ1n) is 6.49. The number of nitro benzene ring substituents is 1. The topological polar surface area (TPSA) is 81.9 Å². The van der Waals surface area contributed by atoms with Crippen LogP contribution in [-0.4, -0.2) is 44.3 Å². The van der Waals surface area contributed by atoms with Crippen molar-refractivity contribution in [2.45, 2.75) is 0 Å². The lowest BCUT2D eigenvalue weighted by atomic mass is 10.1. The van der Waals surface area contributed by atoms with Gasteiger partial charge in [-0.3, -0.25) is 10.1 Å². The van der Waals surface area contributed by atoms with E-state index in [0.717, 1.165) is 0 Å². The van der Waals surface area contributed by atoms with Gasteiger partial charge in [0.25, 0.3) is 5.69 Å². The molecule has 2 rings (SSSR count). The van der Waals surface area contributed by atoms with Crippen LogP contribution < -0.4 is 4.90 Å². The van der Waals surface area contributed by atoms with E-state index in [1.807, 2.05) is 4.90 Å². The summed E-state index contributed by atoms with van der Waals surface area (Å²) in [5.41, 5.74) is 1.16. The summed E-state index contributed by atoms with van der Waals surface area (Å²) >= 11 is 0. The molecule has 0 aliphatic carbocycles. The third-order valence-corrected chi connectivity index (χ3v) is 3.16. The van der Waals surface area contributed by atoms with Gasteiger partial charge < -0.3 is 14.4 Å². The van der Waals surface area contributed by atoms with Crippen molar-refractivity contribution in [3.8, 4) is 0 Å². The summed E-state index contributed by atoms with van der Waals surface area (Å²) in [5, 5.41) is 11.2. The lowest BCUT2D eigenvalue weighted by Crippen LogP contribution is -2.36. The fraction of sp³-hybridized carbons (Fsp3) is 0.357. The van der Waals surface area contributed by atoms with Gasteiger partial charge in [0.15, 0.2) is 0 Å². The Hall–Kier alpha value is -2.41. The Bertz CT molecular complexity index is 564. The zero-order valence-corrected chi connectivity index (χ0v) is 11.7. The Morgan fingerprint density at radius 3 is 2.76 bits per heavy atom. The molecule has 0 unspecified atom stereocenters.